The van der Waals surface area contributed by atoms with E-state index in [1.165, 1.54) is 10.4 Å². The number of anilines is 1. The Morgan fingerprint density at radius 3 is 2.23 bits per heavy atom. The van der Waals surface area contributed by atoms with E-state index in [9.17, 15) is 13.2 Å². The van der Waals surface area contributed by atoms with E-state index in [2.05, 4.69) is 5.32 Å². The van der Waals surface area contributed by atoms with Gasteiger partial charge in [-0.3, -0.25) is 4.79 Å². The van der Waals surface area contributed by atoms with Gasteiger partial charge in [0.1, 0.15) is 5.75 Å². The number of hydrogen-bond donors (Lipinski definition) is 1. The Morgan fingerprint density at radius 1 is 1.08 bits per heavy atom. The zero-order valence-corrected chi connectivity index (χ0v) is 16.3. The summed E-state index contributed by atoms with van der Waals surface area (Å²) in [7, 11) is -2.07. The highest BCUT2D eigenvalue weighted by Gasteiger charge is 2.24. The van der Waals surface area contributed by atoms with E-state index in [1.807, 2.05) is 0 Å². The number of hydrogen-bond acceptors (Lipinski definition) is 4. The fourth-order valence-electron chi connectivity index (χ4n) is 2.60. The van der Waals surface area contributed by atoms with Crippen molar-refractivity contribution < 1.29 is 17.9 Å². The SMILES string of the molecule is CCN(CC)S(=O)(=O)c1cc(C(=O)Nc2ccc(OC)cc2)ccc1C. The topological polar surface area (TPSA) is 75.7 Å². The number of sulfonamides is 1. The minimum atomic E-state index is -3.63. The number of nitrogens with zero attached hydrogens (tertiary/aromatic N) is 1. The first-order valence-electron chi connectivity index (χ1n) is 8.39. The second-order valence-electron chi connectivity index (χ2n) is 5.75. The number of ether oxygens (including phenoxy) is 1. The summed E-state index contributed by atoms with van der Waals surface area (Å²) in [6.07, 6.45) is 0. The van der Waals surface area contributed by atoms with Crippen molar-refractivity contribution in [2.24, 2.45) is 0 Å². The molecule has 0 spiro atoms. The Morgan fingerprint density at radius 2 is 1.69 bits per heavy atom. The minimum absolute atomic E-state index is 0.156. The maximum absolute atomic E-state index is 12.8. The lowest BCUT2D eigenvalue weighted by Crippen LogP contribution is -2.31. The molecule has 0 saturated heterocycles. The van der Waals surface area contributed by atoms with Crippen LogP contribution in [0.25, 0.3) is 0 Å². The number of amides is 1. The number of methoxy groups -OCH3 is 1. The largest absolute Gasteiger partial charge is 0.497 e. The highest BCUT2D eigenvalue weighted by molar-refractivity contribution is 7.89. The molecular weight excluding hydrogens is 352 g/mol. The summed E-state index contributed by atoms with van der Waals surface area (Å²) in [4.78, 5) is 12.7. The van der Waals surface area contributed by atoms with Crippen LogP contribution in [0, 0.1) is 6.92 Å². The van der Waals surface area contributed by atoms with Crippen LogP contribution in [0.15, 0.2) is 47.4 Å². The highest BCUT2D eigenvalue weighted by atomic mass is 32.2. The highest BCUT2D eigenvalue weighted by Crippen LogP contribution is 2.22. The predicted octanol–water partition coefficient (Wildman–Crippen LogP) is 3.29. The number of carbonyl (C=O) groups is 1. The van der Waals surface area contributed by atoms with Crippen LogP contribution in [0.1, 0.15) is 29.8 Å². The van der Waals surface area contributed by atoms with Gasteiger partial charge in [0, 0.05) is 24.3 Å². The molecule has 6 nitrogen and oxygen atoms in total. The van der Waals surface area contributed by atoms with Gasteiger partial charge < -0.3 is 10.1 Å². The van der Waals surface area contributed by atoms with Gasteiger partial charge in [-0.25, -0.2) is 8.42 Å². The first kappa shape index (κ1) is 19.9. The summed E-state index contributed by atoms with van der Waals surface area (Å²) in [6.45, 7) is 6.05. The molecule has 2 rings (SSSR count). The zero-order chi connectivity index (χ0) is 19.3. The van der Waals surface area contributed by atoms with E-state index in [4.69, 9.17) is 4.74 Å². The number of carbonyl (C=O) groups excluding carboxylic acids is 1. The van der Waals surface area contributed by atoms with E-state index in [0.717, 1.165) is 0 Å². The molecule has 0 bridgehead atoms. The summed E-state index contributed by atoms with van der Waals surface area (Å²) in [5, 5.41) is 2.76. The maximum Gasteiger partial charge on any atom is 0.255 e. The molecule has 7 heteroatoms. The van der Waals surface area contributed by atoms with E-state index in [1.54, 1.807) is 64.3 Å². The van der Waals surface area contributed by atoms with Crippen molar-refractivity contribution in [2.45, 2.75) is 25.7 Å². The molecule has 0 radical (unpaired) electrons. The van der Waals surface area contributed by atoms with Crippen LogP contribution in [0.5, 0.6) is 5.75 Å². The third-order valence-electron chi connectivity index (χ3n) is 4.12. The van der Waals surface area contributed by atoms with E-state index in [0.29, 0.717) is 30.1 Å². The lowest BCUT2D eigenvalue weighted by Gasteiger charge is -2.20. The zero-order valence-electron chi connectivity index (χ0n) is 15.4. The van der Waals surface area contributed by atoms with Crippen molar-refractivity contribution in [3.05, 3.63) is 53.6 Å². The van der Waals surface area contributed by atoms with Crippen molar-refractivity contribution in [3.8, 4) is 5.75 Å². The van der Waals surface area contributed by atoms with Gasteiger partial charge in [0.25, 0.3) is 5.91 Å². The number of aryl methyl sites for hydroxylation is 1. The van der Waals surface area contributed by atoms with Crippen molar-refractivity contribution in [3.63, 3.8) is 0 Å². The lowest BCUT2D eigenvalue weighted by atomic mass is 10.1. The molecule has 1 amide bonds. The average Bonchev–Trinajstić information content (AvgIpc) is 2.63. The van der Waals surface area contributed by atoms with Gasteiger partial charge in [-0.1, -0.05) is 19.9 Å². The van der Waals surface area contributed by atoms with Gasteiger partial charge in [-0.15, -0.1) is 0 Å². The smallest absolute Gasteiger partial charge is 0.255 e. The molecule has 2 aromatic carbocycles. The molecular formula is C19H24N2O4S. The predicted molar refractivity (Wildman–Crippen MR) is 102 cm³/mol. The Bertz CT molecular complexity index is 873. The first-order valence-corrected chi connectivity index (χ1v) is 9.83. The Labute approximate surface area is 154 Å². The van der Waals surface area contributed by atoms with Gasteiger partial charge in [0.05, 0.1) is 12.0 Å². The molecule has 0 saturated carbocycles. The van der Waals surface area contributed by atoms with Crippen LogP contribution in [0.3, 0.4) is 0 Å². The molecule has 0 unspecified atom stereocenters. The second kappa shape index (κ2) is 8.33. The molecule has 0 aliphatic carbocycles. The molecule has 140 valence electrons. The molecule has 0 aromatic heterocycles. The lowest BCUT2D eigenvalue weighted by molar-refractivity contribution is 0.102. The van der Waals surface area contributed by atoms with Crippen LogP contribution in [-0.2, 0) is 10.0 Å². The minimum Gasteiger partial charge on any atom is -0.497 e. The Hall–Kier alpha value is -2.38. The molecule has 26 heavy (non-hydrogen) atoms. The van der Waals surface area contributed by atoms with Gasteiger partial charge in [0.2, 0.25) is 10.0 Å². The van der Waals surface area contributed by atoms with Crippen LogP contribution < -0.4 is 10.1 Å². The van der Waals surface area contributed by atoms with Gasteiger partial charge in [-0.2, -0.15) is 4.31 Å². The normalized spacial score (nSPS) is 11.4. The number of benzene rings is 2. The Balaban J connectivity index is 2.31. The standard InChI is InChI=1S/C19H24N2O4S/c1-5-21(6-2)26(23,24)18-13-15(8-7-14(18)3)19(22)20-16-9-11-17(25-4)12-10-16/h7-13H,5-6H2,1-4H3,(H,20,22). The van der Waals surface area contributed by atoms with Crippen LogP contribution in [-0.4, -0.2) is 38.8 Å². The van der Waals surface area contributed by atoms with Crippen LogP contribution >= 0.6 is 0 Å². The quantitative estimate of drug-likeness (QED) is 0.805. The van der Waals surface area contributed by atoms with Crippen molar-refractivity contribution in [2.75, 3.05) is 25.5 Å². The molecule has 1 N–H and O–H groups in total. The second-order valence-corrected chi connectivity index (χ2v) is 7.66. The van der Waals surface area contributed by atoms with Crippen molar-refractivity contribution in [1.29, 1.82) is 0 Å². The molecule has 2 aromatic rings. The summed E-state index contributed by atoms with van der Waals surface area (Å²) < 4.78 is 32.1. The van der Waals surface area contributed by atoms with Crippen LogP contribution in [0.2, 0.25) is 0 Å². The summed E-state index contributed by atoms with van der Waals surface area (Å²) >= 11 is 0. The van der Waals surface area contributed by atoms with Crippen molar-refractivity contribution in [1.82, 2.24) is 4.31 Å². The van der Waals surface area contributed by atoms with Gasteiger partial charge in [-0.05, 0) is 48.9 Å². The van der Waals surface area contributed by atoms with E-state index < -0.39 is 10.0 Å². The maximum atomic E-state index is 12.8. The number of rotatable bonds is 7. The summed E-state index contributed by atoms with van der Waals surface area (Å²) in [5.41, 5.74) is 1.50. The van der Waals surface area contributed by atoms with Gasteiger partial charge in [0.15, 0.2) is 0 Å². The average molecular weight is 376 g/mol. The summed E-state index contributed by atoms with van der Waals surface area (Å²) in [6, 6.07) is 11.6. The van der Waals surface area contributed by atoms with Gasteiger partial charge >= 0.3 is 0 Å². The third-order valence-corrected chi connectivity index (χ3v) is 6.31. The molecule has 0 atom stereocenters. The summed E-state index contributed by atoms with van der Waals surface area (Å²) in [5.74, 6) is 0.317. The van der Waals surface area contributed by atoms with E-state index >= 15 is 0 Å². The third kappa shape index (κ3) is 4.23. The monoisotopic (exact) mass is 376 g/mol. The fraction of sp³-hybridized carbons (Fsp3) is 0.316. The molecule has 0 aliphatic rings. The molecule has 0 fully saturated rings. The number of nitrogens with one attached hydrogen (secondary N) is 1. The molecule has 0 aliphatic heterocycles. The Kier molecular flexibility index (Phi) is 6.39. The first-order chi connectivity index (χ1) is 12.3. The fourth-order valence-corrected chi connectivity index (χ4v) is 4.31. The van der Waals surface area contributed by atoms with Crippen molar-refractivity contribution >= 4 is 21.6 Å². The van der Waals surface area contributed by atoms with E-state index in [-0.39, 0.29) is 16.4 Å². The van der Waals surface area contributed by atoms with Crippen LogP contribution in [0.4, 0.5) is 5.69 Å². The molecule has 0 heterocycles.